The minimum atomic E-state index is -0.950. The van der Waals surface area contributed by atoms with Gasteiger partial charge in [-0.05, 0) is 92.5 Å². The van der Waals surface area contributed by atoms with Crippen LogP contribution < -0.4 is 21.2 Å². The number of rotatable bonds is 8. The van der Waals surface area contributed by atoms with Gasteiger partial charge in [-0.2, -0.15) is 0 Å². The summed E-state index contributed by atoms with van der Waals surface area (Å²) < 4.78 is 0. The highest BCUT2D eigenvalue weighted by Gasteiger charge is 2.52. The molecule has 2 bridgehead atoms. The summed E-state index contributed by atoms with van der Waals surface area (Å²) in [6.07, 6.45) is 0. The van der Waals surface area contributed by atoms with Gasteiger partial charge >= 0.3 is 0 Å². The van der Waals surface area contributed by atoms with Crippen LogP contribution in [-0.4, -0.2) is 5.66 Å². The first kappa shape index (κ1) is 35.5. The summed E-state index contributed by atoms with van der Waals surface area (Å²) in [7, 11) is -1.89. The van der Waals surface area contributed by atoms with Crippen LogP contribution in [0.15, 0.2) is 229 Å². The van der Waals surface area contributed by atoms with E-state index in [0.717, 1.165) is 0 Å². The zero-order valence-electron chi connectivity index (χ0n) is 32.6. The molecule has 58 heavy (non-hydrogen) atoms. The fourth-order valence-electron chi connectivity index (χ4n) is 10.7. The Morgan fingerprint density at radius 3 is 1.03 bits per heavy atom. The minimum Gasteiger partial charge on any atom is -0.0622 e. The molecule has 4 aliphatic carbocycles. The highest BCUT2D eigenvalue weighted by atomic mass is 31.1. The van der Waals surface area contributed by atoms with E-state index < -0.39 is 15.8 Å². The largest absolute Gasteiger partial charge is 0.0622 e. The lowest BCUT2D eigenvalue weighted by molar-refractivity contribution is 0.660. The van der Waals surface area contributed by atoms with Crippen molar-refractivity contribution in [1.82, 2.24) is 0 Å². The van der Waals surface area contributed by atoms with Crippen molar-refractivity contribution >= 4 is 37.1 Å². The number of allylic oxidation sites excluding steroid dienone is 2. The summed E-state index contributed by atoms with van der Waals surface area (Å²) in [6.45, 7) is 2.42. The lowest BCUT2D eigenvalue weighted by atomic mass is 9.61. The van der Waals surface area contributed by atoms with Gasteiger partial charge in [-0.3, -0.25) is 0 Å². The third-order valence-corrected chi connectivity index (χ3v) is 18.4. The van der Waals surface area contributed by atoms with E-state index in [1.165, 1.54) is 65.7 Å². The topological polar surface area (TPSA) is 0 Å². The molecule has 0 N–H and O–H groups in total. The Hall–Kier alpha value is -5.64. The summed E-state index contributed by atoms with van der Waals surface area (Å²) in [5.74, 6) is 0.707. The minimum absolute atomic E-state index is 0.117. The molecule has 8 aromatic rings. The monoisotopic (exact) mass is 778 g/mol. The molecule has 12 rings (SSSR count). The smallest absolute Gasteiger partial charge is 0.0357 e. The Bertz CT molecular complexity index is 2600. The molecule has 0 heterocycles. The van der Waals surface area contributed by atoms with E-state index in [2.05, 4.69) is 225 Å². The fraction of sp³-hybridized carbons (Fsp3) is 0.107. The van der Waals surface area contributed by atoms with Crippen LogP contribution in [-0.2, 0) is 0 Å². The van der Waals surface area contributed by atoms with Crippen LogP contribution in [0.3, 0.4) is 0 Å². The summed E-state index contributed by atoms with van der Waals surface area (Å²) >= 11 is 0. The van der Waals surface area contributed by atoms with Gasteiger partial charge in [0.2, 0.25) is 0 Å². The lowest BCUT2D eigenvalue weighted by Crippen LogP contribution is -2.40. The first-order chi connectivity index (χ1) is 28.8. The fourth-order valence-corrected chi connectivity index (χ4v) is 16.8. The molecule has 0 amide bonds. The second-order valence-electron chi connectivity index (χ2n) is 15.9. The predicted molar refractivity (Wildman–Crippen MR) is 248 cm³/mol. The zero-order chi connectivity index (χ0) is 38.6. The predicted octanol–water partition coefficient (Wildman–Crippen LogP) is 12.5. The molecule has 0 nitrogen and oxygen atoms in total. The van der Waals surface area contributed by atoms with Gasteiger partial charge in [0.15, 0.2) is 0 Å². The highest BCUT2D eigenvalue weighted by molar-refractivity contribution is 7.77. The number of hydrogen-bond acceptors (Lipinski definition) is 0. The van der Waals surface area contributed by atoms with Crippen molar-refractivity contribution in [2.75, 3.05) is 0 Å². The molecule has 4 aliphatic rings. The van der Waals surface area contributed by atoms with E-state index in [9.17, 15) is 0 Å². The molecule has 0 aliphatic heterocycles. The first-order valence-electron chi connectivity index (χ1n) is 20.7. The second-order valence-corrected chi connectivity index (χ2v) is 20.4. The molecule has 0 spiro atoms. The zero-order valence-corrected chi connectivity index (χ0v) is 34.4. The summed E-state index contributed by atoms with van der Waals surface area (Å²) in [5, 5.41) is 7.33. The number of fused-ring (bicyclic) bond motifs is 2. The normalized spacial score (nSPS) is 19.3. The van der Waals surface area contributed by atoms with E-state index in [4.69, 9.17) is 0 Å². The SMILES string of the molecule is CC1c2ccccc2C([C@@H](C2=C(P(c3ccccc3)c3ccccc3)C3c4ccccc4C2c2ccccc23)P(c2ccccc2)c2ccccc2)c2ccccc21. The van der Waals surface area contributed by atoms with E-state index in [-0.39, 0.29) is 23.4 Å². The average molecular weight is 779 g/mol. The summed E-state index contributed by atoms with van der Waals surface area (Å²) in [5.41, 5.74) is 13.6. The quantitative estimate of drug-likeness (QED) is 0.135. The lowest BCUT2D eigenvalue weighted by Gasteiger charge is -2.52. The molecule has 278 valence electrons. The van der Waals surface area contributed by atoms with Crippen molar-refractivity contribution in [2.45, 2.75) is 36.3 Å². The third kappa shape index (κ3) is 5.73. The standard InChI is InChI=1S/C56H44P2/c1-38-43-30-14-16-32-45(43)52(46-33-17-15-31-44(38)46)55(57(39-22-6-2-7-23-39)40-24-8-3-9-25-40)54-51-47-34-18-20-36-49(47)53(50-37-21-19-35-48(50)51)56(54)58(41-26-10-4-11-27-41)42-28-12-5-13-29-42/h2-38,51-53,55H,1H3/t38?,51?,52?,53?,55-/m0/s1. The van der Waals surface area contributed by atoms with Crippen LogP contribution in [0.25, 0.3) is 0 Å². The molecule has 0 unspecified atom stereocenters. The molecule has 0 saturated heterocycles. The average Bonchev–Trinajstić information content (AvgIpc) is 3.30. The number of benzene rings is 8. The van der Waals surface area contributed by atoms with Gasteiger partial charge in [0.1, 0.15) is 0 Å². The van der Waals surface area contributed by atoms with Crippen LogP contribution in [0.4, 0.5) is 0 Å². The van der Waals surface area contributed by atoms with Crippen LogP contribution in [0.5, 0.6) is 0 Å². The maximum absolute atomic E-state index is 2.48. The number of hydrogen-bond donors (Lipinski definition) is 0. The van der Waals surface area contributed by atoms with Gasteiger partial charge in [0.25, 0.3) is 0 Å². The van der Waals surface area contributed by atoms with E-state index in [0.29, 0.717) is 5.92 Å². The van der Waals surface area contributed by atoms with Gasteiger partial charge in [-0.15, -0.1) is 0 Å². The Morgan fingerprint density at radius 2 is 0.638 bits per heavy atom. The molecule has 0 saturated carbocycles. The van der Waals surface area contributed by atoms with Crippen LogP contribution in [0.2, 0.25) is 0 Å². The van der Waals surface area contributed by atoms with Crippen molar-refractivity contribution < 1.29 is 0 Å². The molecule has 0 aromatic heterocycles. The van der Waals surface area contributed by atoms with Crippen LogP contribution >= 0.6 is 15.8 Å². The Kier molecular flexibility index (Phi) is 9.15. The summed E-state index contributed by atoms with van der Waals surface area (Å²) in [4.78, 5) is 0. The van der Waals surface area contributed by atoms with Crippen LogP contribution in [0, 0.1) is 0 Å². The Morgan fingerprint density at radius 1 is 0.328 bits per heavy atom. The van der Waals surface area contributed by atoms with Crippen molar-refractivity contribution in [2.24, 2.45) is 0 Å². The van der Waals surface area contributed by atoms with Gasteiger partial charge < -0.3 is 0 Å². The molecule has 2 heteroatoms. The molecule has 0 radical (unpaired) electrons. The second kappa shape index (κ2) is 14.9. The van der Waals surface area contributed by atoms with Crippen LogP contribution in [0.1, 0.15) is 75.1 Å². The Labute approximate surface area is 345 Å². The van der Waals surface area contributed by atoms with Crippen molar-refractivity contribution in [3.05, 3.63) is 274 Å². The maximum atomic E-state index is 2.48. The molecule has 8 aromatic carbocycles. The van der Waals surface area contributed by atoms with Crippen molar-refractivity contribution in [1.29, 1.82) is 0 Å². The maximum Gasteiger partial charge on any atom is 0.0357 e. The summed E-state index contributed by atoms with van der Waals surface area (Å²) in [6, 6.07) is 84.0. The van der Waals surface area contributed by atoms with Gasteiger partial charge in [-0.1, -0.05) is 225 Å². The molecular weight excluding hydrogens is 735 g/mol. The molecular formula is C56H44P2. The van der Waals surface area contributed by atoms with Gasteiger partial charge in [0, 0.05) is 29.3 Å². The van der Waals surface area contributed by atoms with Crippen molar-refractivity contribution in [3.63, 3.8) is 0 Å². The van der Waals surface area contributed by atoms with E-state index in [1.807, 2.05) is 0 Å². The van der Waals surface area contributed by atoms with E-state index in [1.54, 1.807) is 10.9 Å². The first-order valence-corrected chi connectivity index (χ1v) is 23.4. The molecule has 1 atom stereocenters. The third-order valence-electron chi connectivity index (χ3n) is 13.0. The van der Waals surface area contributed by atoms with Gasteiger partial charge in [0.05, 0.1) is 0 Å². The molecule has 0 fully saturated rings. The van der Waals surface area contributed by atoms with E-state index >= 15 is 0 Å². The van der Waals surface area contributed by atoms with Crippen molar-refractivity contribution in [3.8, 4) is 0 Å². The highest BCUT2D eigenvalue weighted by Crippen LogP contribution is 2.69. The Balaban J connectivity index is 1.33. The van der Waals surface area contributed by atoms with Gasteiger partial charge in [-0.25, -0.2) is 0 Å².